The SMILES string of the molecule is C/C=C\O/N=C/c1cccc(F)c1. The van der Waals surface area contributed by atoms with Crippen molar-refractivity contribution in [3.63, 3.8) is 0 Å². The van der Waals surface area contributed by atoms with E-state index in [1.165, 1.54) is 24.6 Å². The summed E-state index contributed by atoms with van der Waals surface area (Å²) in [5.41, 5.74) is 0.671. The maximum Gasteiger partial charge on any atom is 0.123 e. The van der Waals surface area contributed by atoms with Crippen molar-refractivity contribution in [2.75, 3.05) is 0 Å². The molecule has 0 aromatic heterocycles. The smallest absolute Gasteiger partial charge is 0.123 e. The first-order valence-corrected chi connectivity index (χ1v) is 3.89. The third-order valence-corrected chi connectivity index (χ3v) is 1.31. The molecular weight excluding hydrogens is 169 g/mol. The van der Waals surface area contributed by atoms with E-state index >= 15 is 0 Å². The summed E-state index contributed by atoms with van der Waals surface area (Å²) < 4.78 is 12.6. The fourth-order valence-electron chi connectivity index (χ4n) is 0.774. The summed E-state index contributed by atoms with van der Waals surface area (Å²) in [5.74, 6) is -0.282. The summed E-state index contributed by atoms with van der Waals surface area (Å²) in [6, 6.07) is 6.12. The molecular formula is C10H10FNO. The normalized spacial score (nSPS) is 11.2. The summed E-state index contributed by atoms with van der Waals surface area (Å²) in [5, 5.41) is 3.59. The molecule has 2 nitrogen and oxygen atoms in total. The van der Waals surface area contributed by atoms with Gasteiger partial charge in [-0.25, -0.2) is 4.39 Å². The number of allylic oxidation sites excluding steroid dienone is 1. The van der Waals surface area contributed by atoms with Crippen LogP contribution >= 0.6 is 0 Å². The van der Waals surface area contributed by atoms with Gasteiger partial charge in [0.2, 0.25) is 0 Å². The lowest BCUT2D eigenvalue weighted by molar-refractivity contribution is 0.270. The minimum absolute atomic E-state index is 0.282. The molecule has 0 spiro atoms. The lowest BCUT2D eigenvalue weighted by Gasteiger charge is -1.91. The topological polar surface area (TPSA) is 21.6 Å². The van der Waals surface area contributed by atoms with Crippen LogP contribution in [-0.2, 0) is 4.84 Å². The fraction of sp³-hybridized carbons (Fsp3) is 0.100. The van der Waals surface area contributed by atoms with E-state index < -0.39 is 0 Å². The van der Waals surface area contributed by atoms with E-state index in [-0.39, 0.29) is 5.82 Å². The van der Waals surface area contributed by atoms with Gasteiger partial charge in [0.15, 0.2) is 0 Å². The molecule has 0 saturated carbocycles. The van der Waals surface area contributed by atoms with Crippen LogP contribution in [0.4, 0.5) is 4.39 Å². The minimum Gasteiger partial charge on any atom is -0.365 e. The van der Waals surface area contributed by atoms with Crippen molar-refractivity contribution >= 4 is 6.21 Å². The highest BCUT2D eigenvalue weighted by molar-refractivity contribution is 5.78. The summed E-state index contributed by atoms with van der Waals surface area (Å²) >= 11 is 0. The molecule has 0 amide bonds. The van der Waals surface area contributed by atoms with E-state index in [2.05, 4.69) is 5.16 Å². The van der Waals surface area contributed by atoms with Gasteiger partial charge >= 0.3 is 0 Å². The molecule has 0 N–H and O–H groups in total. The highest BCUT2D eigenvalue weighted by Gasteiger charge is 1.89. The Kier molecular flexibility index (Phi) is 3.70. The first-order chi connectivity index (χ1) is 6.33. The molecule has 0 aliphatic carbocycles. The van der Waals surface area contributed by atoms with Crippen LogP contribution in [-0.4, -0.2) is 6.21 Å². The number of nitrogens with zero attached hydrogens (tertiary/aromatic N) is 1. The van der Waals surface area contributed by atoms with E-state index in [0.717, 1.165) is 0 Å². The highest BCUT2D eigenvalue weighted by Crippen LogP contribution is 2.00. The van der Waals surface area contributed by atoms with E-state index in [4.69, 9.17) is 4.84 Å². The monoisotopic (exact) mass is 179 g/mol. The number of oxime groups is 1. The van der Waals surface area contributed by atoms with Crippen molar-refractivity contribution in [1.82, 2.24) is 0 Å². The maximum atomic E-state index is 12.6. The Labute approximate surface area is 76.3 Å². The molecule has 1 rings (SSSR count). The molecule has 0 heterocycles. The van der Waals surface area contributed by atoms with Crippen LogP contribution in [0, 0.1) is 5.82 Å². The van der Waals surface area contributed by atoms with Gasteiger partial charge in [0.05, 0.1) is 6.21 Å². The average molecular weight is 179 g/mol. The number of hydrogen-bond donors (Lipinski definition) is 0. The lowest BCUT2D eigenvalue weighted by atomic mass is 10.2. The second-order valence-electron chi connectivity index (χ2n) is 2.36. The van der Waals surface area contributed by atoms with Crippen LogP contribution in [0.5, 0.6) is 0 Å². The van der Waals surface area contributed by atoms with Crippen LogP contribution < -0.4 is 0 Å². The Morgan fingerprint density at radius 1 is 1.46 bits per heavy atom. The van der Waals surface area contributed by atoms with Gasteiger partial charge in [0.25, 0.3) is 0 Å². The standard InChI is InChI=1S/C10H10FNO/c1-2-6-13-12-8-9-4-3-5-10(11)7-9/h2-8H,1H3/b6-2-,12-8+. The van der Waals surface area contributed by atoms with Gasteiger partial charge < -0.3 is 4.84 Å². The second kappa shape index (κ2) is 5.09. The molecule has 0 aliphatic rings. The average Bonchev–Trinajstić information content (AvgIpc) is 2.13. The van der Waals surface area contributed by atoms with Crippen LogP contribution in [0.2, 0.25) is 0 Å². The molecule has 0 fully saturated rings. The predicted molar refractivity (Wildman–Crippen MR) is 49.9 cm³/mol. The maximum absolute atomic E-state index is 12.6. The summed E-state index contributed by atoms with van der Waals surface area (Å²) in [6.45, 7) is 1.82. The molecule has 0 bridgehead atoms. The van der Waals surface area contributed by atoms with Crippen LogP contribution in [0.25, 0.3) is 0 Å². The number of rotatable bonds is 3. The van der Waals surface area contributed by atoms with Gasteiger partial charge in [0, 0.05) is 0 Å². The molecule has 3 heteroatoms. The highest BCUT2D eigenvalue weighted by atomic mass is 19.1. The quantitative estimate of drug-likeness (QED) is 0.397. The van der Waals surface area contributed by atoms with Gasteiger partial charge in [-0.2, -0.15) is 0 Å². The van der Waals surface area contributed by atoms with Gasteiger partial charge in [-0.05, 0) is 30.7 Å². The summed E-state index contributed by atoms with van der Waals surface area (Å²) in [7, 11) is 0. The van der Waals surface area contributed by atoms with Gasteiger partial charge in [-0.1, -0.05) is 17.3 Å². The van der Waals surface area contributed by atoms with E-state index in [1.54, 1.807) is 18.2 Å². The summed E-state index contributed by atoms with van der Waals surface area (Å²) in [6.07, 6.45) is 4.60. The Balaban J connectivity index is 2.58. The lowest BCUT2D eigenvalue weighted by Crippen LogP contribution is -1.82. The third kappa shape index (κ3) is 3.51. The number of hydrogen-bond acceptors (Lipinski definition) is 2. The van der Waals surface area contributed by atoms with Crippen molar-refractivity contribution in [1.29, 1.82) is 0 Å². The second-order valence-corrected chi connectivity index (χ2v) is 2.36. The van der Waals surface area contributed by atoms with Crippen molar-refractivity contribution in [2.24, 2.45) is 5.16 Å². The first-order valence-electron chi connectivity index (χ1n) is 3.89. The molecule has 1 aromatic rings. The molecule has 68 valence electrons. The largest absolute Gasteiger partial charge is 0.365 e. The van der Waals surface area contributed by atoms with Crippen molar-refractivity contribution in [3.8, 4) is 0 Å². The predicted octanol–water partition coefficient (Wildman–Crippen LogP) is 2.71. The zero-order valence-electron chi connectivity index (χ0n) is 7.27. The van der Waals surface area contributed by atoms with Crippen LogP contribution in [0.3, 0.4) is 0 Å². The van der Waals surface area contributed by atoms with Gasteiger partial charge in [-0.3, -0.25) is 0 Å². The Morgan fingerprint density at radius 3 is 3.00 bits per heavy atom. The zero-order chi connectivity index (χ0) is 9.52. The third-order valence-electron chi connectivity index (χ3n) is 1.31. The van der Waals surface area contributed by atoms with E-state index in [0.29, 0.717) is 5.56 Å². The molecule has 1 aromatic carbocycles. The van der Waals surface area contributed by atoms with Gasteiger partial charge in [-0.15, -0.1) is 0 Å². The van der Waals surface area contributed by atoms with E-state index in [1.807, 2.05) is 6.92 Å². The number of halogens is 1. The van der Waals surface area contributed by atoms with Crippen molar-refractivity contribution < 1.29 is 9.23 Å². The molecule has 0 atom stereocenters. The molecule has 13 heavy (non-hydrogen) atoms. The van der Waals surface area contributed by atoms with Crippen LogP contribution in [0.1, 0.15) is 12.5 Å². The van der Waals surface area contributed by atoms with Crippen molar-refractivity contribution in [2.45, 2.75) is 6.92 Å². The molecule has 0 saturated heterocycles. The molecule has 0 radical (unpaired) electrons. The first kappa shape index (κ1) is 9.45. The fourth-order valence-corrected chi connectivity index (χ4v) is 0.774. The van der Waals surface area contributed by atoms with Crippen molar-refractivity contribution in [3.05, 3.63) is 48.0 Å². The summed E-state index contributed by atoms with van der Waals surface area (Å²) in [4.78, 5) is 4.69. The Hall–Kier alpha value is -1.64. The zero-order valence-corrected chi connectivity index (χ0v) is 7.27. The van der Waals surface area contributed by atoms with E-state index in [9.17, 15) is 4.39 Å². The molecule has 0 aliphatic heterocycles. The van der Waals surface area contributed by atoms with Crippen LogP contribution in [0.15, 0.2) is 41.8 Å². The van der Waals surface area contributed by atoms with Gasteiger partial charge in [0.1, 0.15) is 12.1 Å². The Morgan fingerprint density at radius 2 is 2.31 bits per heavy atom. The number of benzene rings is 1. The molecule has 0 unspecified atom stereocenters. The Bertz CT molecular complexity index is 320. The minimum atomic E-state index is -0.282.